The van der Waals surface area contributed by atoms with Gasteiger partial charge in [-0.3, -0.25) is 4.90 Å². The Hall–Kier alpha value is -2.01. The van der Waals surface area contributed by atoms with Crippen molar-refractivity contribution < 1.29 is 9.53 Å². The summed E-state index contributed by atoms with van der Waals surface area (Å²) in [5.41, 5.74) is 3.06. The van der Waals surface area contributed by atoms with Crippen molar-refractivity contribution in [1.29, 1.82) is 0 Å². The molecule has 1 atom stereocenters. The number of nitrogens with zero attached hydrogens (tertiary/aromatic N) is 2. The van der Waals surface area contributed by atoms with Crippen LogP contribution in [-0.4, -0.2) is 25.2 Å². The molecular formula is C19H19BrN2O2. The van der Waals surface area contributed by atoms with E-state index in [1.165, 1.54) is 6.42 Å². The molecule has 4 rings (SSSR count). The van der Waals surface area contributed by atoms with Crippen LogP contribution in [0.2, 0.25) is 0 Å². The average molecular weight is 387 g/mol. The molecule has 2 aromatic carbocycles. The van der Waals surface area contributed by atoms with Crippen LogP contribution in [-0.2, 0) is 11.3 Å². The maximum Gasteiger partial charge on any atom is 0.414 e. The highest BCUT2D eigenvalue weighted by Crippen LogP contribution is 2.41. The molecule has 0 radical (unpaired) electrons. The fraction of sp³-hybridized carbons (Fsp3) is 0.316. The van der Waals surface area contributed by atoms with Gasteiger partial charge in [-0.2, -0.15) is 0 Å². The minimum Gasteiger partial charge on any atom is -0.444 e. The molecule has 124 valence electrons. The first-order valence-corrected chi connectivity index (χ1v) is 9.06. The first-order valence-electron chi connectivity index (χ1n) is 8.27. The van der Waals surface area contributed by atoms with E-state index in [-0.39, 0.29) is 6.09 Å². The number of ether oxygens (including phenoxy) is 1. The van der Waals surface area contributed by atoms with Crippen molar-refractivity contribution in [3.8, 4) is 0 Å². The number of halogens is 1. The number of amides is 1. The van der Waals surface area contributed by atoms with Gasteiger partial charge in [0, 0.05) is 23.6 Å². The zero-order valence-electron chi connectivity index (χ0n) is 13.3. The maximum absolute atomic E-state index is 12.7. The third-order valence-corrected chi connectivity index (χ3v) is 5.23. The first-order chi connectivity index (χ1) is 11.7. The van der Waals surface area contributed by atoms with E-state index in [4.69, 9.17) is 4.74 Å². The molecule has 0 aliphatic carbocycles. The number of hydrogen-bond donors (Lipinski definition) is 0. The van der Waals surface area contributed by atoms with Crippen molar-refractivity contribution in [2.24, 2.45) is 0 Å². The SMILES string of the molecule is O=C(OCc1ccccc1)N1CC2CCCN2c2ccc(Br)cc21. The number of hydrogen-bond acceptors (Lipinski definition) is 3. The number of anilines is 2. The van der Waals surface area contributed by atoms with Crippen LogP contribution in [0.1, 0.15) is 18.4 Å². The minimum atomic E-state index is -0.273. The van der Waals surface area contributed by atoms with E-state index >= 15 is 0 Å². The summed E-state index contributed by atoms with van der Waals surface area (Å²) < 4.78 is 6.54. The molecular weight excluding hydrogens is 368 g/mol. The predicted molar refractivity (Wildman–Crippen MR) is 98.5 cm³/mol. The highest BCUT2D eigenvalue weighted by atomic mass is 79.9. The van der Waals surface area contributed by atoms with E-state index in [1.807, 2.05) is 42.5 Å². The van der Waals surface area contributed by atoms with Crippen molar-refractivity contribution in [3.63, 3.8) is 0 Å². The van der Waals surface area contributed by atoms with E-state index in [0.29, 0.717) is 19.2 Å². The van der Waals surface area contributed by atoms with Crippen LogP contribution < -0.4 is 9.80 Å². The number of rotatable bonds is 2. The molecule has 1 unspecified atom stereocenters. The van der Waals surface area contributed by atoms with Crippen LogP contribution in [0.15, 0.2) is 53.0 Å². The fourth-order valence-electron chi connectivity index (χ4n) is 3.58. The molecule has 5 heteroatoms. The number of benzene rings is 2. The molecule has 0 N–H and O–H groups in total. The minimum absolute atomic E-state index is 0.273. The molecule has 1 saturated heterocycles. The van der Waals surface area contributed by atoms with Gasteiger partial charge >= 0.3 is 6.09 Å². The molecule has 2 heterocycles. The van der Waals surface area contributed by atoms with E-state index in [0.717, 1.165) is 34.4 Å². The van der Waals surface area contributed by atoms with Crippen LogP contribution >= 0.6 is 15.9 Å². The van der Waals surface area contributed by atoms with E-state index in [2.05, 4.69) is 26.9 Å². The number of carbonyl (C=O) groups is 1. The molecule has 24 heavy (non-hydrogen) atoms. The van der Waals surface area contributed by atoms with E-state index in [9.17, 15) is 4.79 Å². The topological polar surface area (TPSA) is 32.8 Å². The third-order valence-electron chi connectivity index (χ3n) is 4.73. The van der Waals surface area contributed by atoms with Gasteiger partial charge in [0.1, 0.15) is 6.61 Å². The van der Waals surface area contributed by atoms with Gasteiger partial charge in [0.05, 0.1) is 11.4 Å². The predicted octanol–water partition coefficient (Wildman–Crippen LogP) is 4.57. The second kappa shape index (κ2) is 6.48. The number of carbonyl (C=O) groups excluding carboxylic acids is 1. The van der Waals surface area contributed by atoms with Crippen molar-refractivity contribution in [2.75, 3.05) is 22.9 Å². The second-order valence-corrected chi connectivity index (χ2v) is 7.19. The van der Waals surface area contributed by atoms with Gasteiger partial charge in [0.25, 0.3) is 0 Å². The highest BCUT2D eigenvalue weighted by Gasteiger charge is 2.37. The highest BCUT2D eigenvalue weighted by molar-refractivity contribution is 9.10. The Kier molecular flexibility index (Phi) is 4.19. The Balaban J connectivity index is 1.57. The summed E-state index contributed by atoms with van der Waals surface area (Å²) in [6.07, 6.45) is 2.02. The van der Waals surface area contributed by atoms with Crippen LogP contribution in [0, 0.1) is 0 Å². The van der Waals surface area contributed by atoms with Gasteiger partial charge < -0.3 is 9.64 Å². The summed E-state index contributed by atoms with van der Waals surface area (Å²) in [4.78, 5) is 16.9. The van der Waals surface area contributed by atoms with Crippen LogP contribution in [0.5, 0.6) is 0 Å². The smallest absolute Gasteiger partial charge is 0.414 e. The Morgan fingerprint density at radius 3 is 2.83 bits per heavy atom. The normalized spacial score (nSPS) is 19.0. The van der Waals surface area contributed by atoms with Crippen LogP contribution in [0.4, 0.5) is 16.2 Å². The lowest BCUT2D eigenvalue weighted by molar-refractivity contribution is 0.146. The summed E-state index contributed by atoms with van der Waals surface area (Å²) in [7, 11) is 0. The van der Waals surface area contributed by atoms with Crippen molar-refractivity contribution >= 4 is 33.4 Å². The number of fused-ring (bicyclic) bond motifs is 3. The average Bonchev–Trinajstić information content (AvgIpc) is 3.08. The lowest BCUT2D eigenvalue weighted by Crippen LogP contribution is -2.48. The second-order valence-electron chi connectivity index (χ2n) is 6.27. The Morgan fingerprint density at radius 1 is 1.17 bits per heavy atom. The summed E-state index contributed by atoms with van der Waals surface area (Å²) >= 11 is 3.52. The Morgan fingerprint density at radius 2 is 2.00 bits per heavy atom. The van der Waals surface area contributed by atoms with Crippen molar-refractivity contribution in [3.05, 3.63) is 58.6 Å². The molecule has 1 amide bonds. The first kappa shape index (κ1) is 15.5. The Bertz CT molecular complexity index is 750. The molecule has 0 spiro atoms. The zero-order chi connectivity index (χ0) is 16.5. The molecule has 0 aromatic heterocycles. The van der Waals surface area contributed by atoms with Gasteiger partial charge in [-0.25, -0.2) is 4.79 Å². The Labute approximate surface area is 150 Å². The standard InChI is InChI=1S/C19H19BrN2O2/c20-15-8-9-17-18(11-15)22(12-16-7-4-10-21(16)17)19(23)24-13-14-5-2-1-3-6-14/h1-3,5-6,8-9,11,16H,4,7,10,12-13H2. The fourth-order valence-corrected chi connectivity index (χ4v) is 3.93. The van der Waals surface area contributed by atoms with Gasteiger partial charge in [0.15, 0.2) is 0 Å². The molecule has 0 saturated carbocycles. The van der Waals surface area contributed by atoms with Gasteiger partial charge in [0.2, 0.25) is 0 Å². The summed E-state index contributed by atoms with van der Waals surface area (Å²) in [5, 5.41) is 0. The summed E-state index contributed by atoms with van der Waals surface area (Å²) in [6.45, 7) is 2.05. The van der Waals surface area contributed by atoms with E-state index < -0.39 is 0 Å². The van der Waals surface area contributed by atoms with Gasteiger partial charge in [-0.05, 0) is 36.6 Å². The summed E-state index contributed by atoms with van der Waals surface area (Å²) in [5.74, 6) is 0. The third kappa shape index (κ3) is 2.88. The van der Waals surface area contributed by atoms with Crippen LogP contribution in [0.25, 0.3) is 0 Å². The van der Waals surface area contributed by atoms with Crippen molar-refractivity contribution in [1.82, 2.24) is 0 Å². The molecule has 0 bridgehead atoms. The lowest BCUT2D eigenvalue weighted by Gasteiger charge is -2.39. The zero-order valence-corrected chi connectivity index (χ0v) is 14.9. The molecule has 1 fully saturated rings. The quantitative estimate of drug-likeness (QED) is 0.757. The molecule has 2 aromatic rings. The van der Waals surface area contributed by atoms with Crippen molar-refractivity contribution in [2.45, 2.75) is 25.5 Å². The largest absolute Gasteiger partial charge is 0.444 e. The maximum atomic E-state index is 12.7. The van der Waals surface area contributed by atoms with Gasteiger partial charge in [-0.1, -0.05) is 46.3 Å². The van der Waals surface area contributed by atoms with Gasteiger partial charge in [-0.15, -0.1) is 0 Å². The van der Waals surface area contributed by atoms with Crippen LogP contribution in [0.3, 0.4) is 0 Å². The monoisotopic (exact) mass is 386 g/mol. The molecule has 2 aliphatic heterocycles. The lowest BCUT2D eigenvalue weighted by atomic mass is 10.1. The summed E-state index contributed by atoms with van der Waals surface area (Å²) in [6, 6.07) is 16.3. The molecule has 2 aliphatic rings. The van der Waals surface area contributed by atoms with E-state index in [1.54, 1.807) is 4.90 Å². The molecule has 4 nitrogen and oxygen atoms in total.